The van der Waals surface area contributed by atoms with Gasteiger partial charge in [0.15, 0.2) is 0 Å². The number of anilines is 2. The average Bonchev–Trinajstić information content (AvgIpc) is 3.25. The summed E-state index contributed by atoms with van der Waals surface area (Å²) in [6, 6.07) is 4.30. The summed E-state index contributed by atoms with van der Waals surface area (Å²) < 4.78 is 72.1. The van der Waals surface area contributed by atoms with Gasteiger partial charge < -0.3 is 20.3 Å². The van der Waals surface area contributed by atoms with Gasteiger partial charge in [-0.25, -0.2) is 8.78 Å². The fourth-order valence-corrected chi connectivity index (χ4v) is 4.22. The number of carbonyl (C=O) groups excluding carboxylic acids is 3. The molecule has 1 aliphatic heterocycles. The molecule has 3 amide bonds. The van der Waals surface area contributed by atoms with E-state index in [0.29, 0.717) is 10.4 Å². The van der Waals surface area contributed by atoms with Crippen LogP contribution in [-0.2, 0) is 20.5 Å². The molecule has 3 rings (SSSR count). The zero-order valence-electron chi connectivity index (χ0n) is 18.3. The second-order valence-corrected chi connectivity index (χ2v) is 9.20. The Morgan fingerprint density at radius 1 is 1.17 bits per heavy atom. The molecule has 1 aromatic carbocycles. The van der Waals surface area contributed by atoms with Gasteiger partial charge in [-0.15, -0.1) is 11.3 Å². The lowest BCUT2D eigenvalue weighted by molar-refractivity contribution is -0.137. The van der Waals surface area contributed by atoms with Crippen LogP contribution in [0.15, 0.2) is 30.3 Å². The predicted octanol–water partition coefficient (Wildman–Crippen LogP) is 3.38. The molecule has 3 N–H and O–H groups in total. The van der Waals surface area contributed by atoms with Crippen LogP contribution in [0.1, 0.15) is 15.2 Å². The summed E-state index contributed by atoms with van der Waals surface area (Å²) in [4.78, 5) is 38.3. The van der Waals surface area contributed by atoms with Crippen molar-refractivity contribution >= 4 is 52.0 Å². The Morgan fingerprint density at radius 3 is 2.53 bits per heavy atom. The molecule has 1 aliphatic rings. The zero-order valence-corrected chi connectivity index (χ0v) is 19.9. The first-order valence-electron chi connectivity index (χ1n) is 10.4. The lowest BCUT2D eigenvalue weighted by Gasteiger charge is -2.28. The van der Waals surface area contributed by atoms with Gasteiger partial charge in [-0.1, -0.05) is 11.6 Å². The van der Waals surface area contributed by atoms with Crippen molar-refractivity contribution in [2.75, 3.05) is 43.1 Å². The topological polar surface area (TPSA) is 99.8 Å². The smallest absolute Gasteiger partial charge is 0.370 e. The van der Waals surface area contributed by atoms with Gasteiger partial charge in [0.05, 0.1) is 33.6 Å². The van der Waals surface area contributed by atoms with Crippen molar-refractivity contribution < 1.29 is 41.1 Å². The molecule has 1 aromatic heterocycles. The first kappa shape index (κ1) is 27.8. The van der Waals surface area contributed by atoms with Crippen LogP contribution in [0.25, 0.3) is 0 Å². The molecule has 0 saturated carbocycles. The number of rotatable bonds is 9. The highest BCUT2D eigenvalue weighted by molar-refractivity contribution is 7.18. The molecule has 1 fully saturated rings. The molecule has 0 bridgehead atoms. The minimum absolute atomic E-state index is 0.0390. The van der Waals surface area contributed by atoms with Crippen molar-refractivity contribution in [2.24, 2.45) is 0 Å². The molecule has 2 aromatic rings. The zero-order chi connectivity index (χ0) is 26.5. The third-order valence-corrected chi connectivity index (χ3v) is 6.19. The highest BCUT2D eigenvalue weighted by atomic mass is 35.5. The molecular formula is C21H20ClF5N4O4S. The molecular weight excluding hydrogens is 535 g/mol. The van der Waals surface area contributed by atoms with Crippen molar-refractivity contribution in [1.82, 2.24) is 10.6 Å². The van der Waals surface area contributed by atoms with Crippen LogP contribution in [-0.4, -0.2) is 63.0 Å². The Balaban J connectivity index is 1.78. The molecule has 8 nitrogen and oxygen atoms in total. The van der Waals surface area contributed by atoms with Crippen LogP contribution in [0.3, 0.4) is 0 Å². The van der Waals surface area contributed by atoms with Crippen LogP contribution < -0.4 is 20.9 Å². The van der Waals surface area contributed by atoms with Gasteiger partial charge in [0.25, 0.3) is 18.2 Å². The minimum Gasteiger partial charge on any atom is -0.370 e. The van der Waals surface area contributed by atoms with Crippen molar-refractivity contribution in [1.29, 1.82) is 0 Å². The maximum atomic E-state index is 13.8. The Bertz CT molecular complexity index is 1110. The number of carbonyl (C=O) groups is 3. The van der Waals surface area contributed by atoms with Crippen LogP contribution >= 0.6 is 22.9 Å². The number of nitrogens with zero attached hydrogens (tertiary/aromatic N) is 1. The van der Waals surface area contributed by atoms with Crippen LogP contribution in [0, 0.1) is 0 Å². The number of hydrogen-bond donors (Lipinski definition) is 3. The van der Waals surface area contributed by atoms with Crippen molar-refractivity contribution in [3.63, 3.8) is 0 Å². The van der Waals surface area contributed by atoms with Crippen LogP contribution in [0.2, 0.25) is 4.34 Å². The van der Waals surface area contributed by atoms with E-state index in [1.165, 1.54) is 18.2 Å². The van der Waals surface area contributed by atoms with E-state index in [4.69, 9.17) is 16.3 Å². The fourth-order valence-electron chi connectivity index (χ4n) is 3.26. The summed E-state index contributed by atoms with van der Waals surface area (Å²) in [6.45, 7) is -1.51. The third kappa shape index (κ3) is 7.35. The number of ether oxygens (including phenoxy) is 1. The van der Waals surface area contributed by atoms with Gasteiger partial charge in [0.2, 0.25) is 5.91 Å². The average molecular weight is 555 g/mol. The van der Waals surface area contributed by atoms with Gasteiger partial charge >= 0.3 is 6.18 Å². The molecule has 0 unspecified atom stereocenters. The Morgan fingerprint density at radius 2 is 1.92 bits per heavy atom. The van der Waals surface area contributed by atoms with E-state index >= 15 is 0 Å². The van der Waals surface area contributed by atoms with E-state index in [2.05, 4.69) is 16.0 Å². The van der Waals surface area contributed by atoms with Gasteiger partial charge in [0.1, 0.15) is 12.6 Å². The lowest BCUT2D eigenvalue weighted by Crippen LogP contribution is -2.49. The van der Waals surface area contributed by atoms with E-state index in [0.717, 1.165) is 22.3 Å². The summed E-state index contributed by atoms with van der Waals surface area (Å²) in [5.41, 5.74) is -1.92. The summed E-state index contributed by atoms with van der Waals surface area (Å²) in [5.74, 6) is -2.25. The quantitative estimate of drug-likeness (QED) is 0.413. The number of hydrogen-bond acceptors (Lipinski definition) is 6. The molecule has 0 spiro atoms. The fraction of sp³-hybridized carbons (Fsp3) is 0.381. The molecule has 0 aliphatic carbocycles. The monoisotopic (exact) mass is 554 g/mol. The molecule has 196 valence electrons. The van der Waals surface area contributed by atoms with E-state index in [1.54, 1.807) is 0 Å². The van der Waals surface area contributed by atoms with Gasteiger partial charge in [0, 0.05) is 18.8 Å². The van der Waals surface area contributed by atoms with Crippen molar-refractivity contribution in [3.8, 4) is 0 Å². The third-order valence-electron chi connectivity index (χ3n) is 4.96. The number of nitrogens with one attached hydrogen (secondary N) is 3. The Hall–Kier alpha value is -2.81. The normalized spacial score (nSPS) is 15.2. The van der Waals surface area contributed by atoms with Gasteiger partial charge in [-0.05, 0) is 30.3 Å². The van der Waals surface area contributed by atoms with E-state index < -0.39 is 60.7 Å². The SMILES string of the molecule is O=C(NC[C@H](NCC(F)F)C(=O)Nc1ccc(N2CCOCC2=O)cc1C(F)(F)F)c1ccc(Cl)s1. The van der Waals surface area contributed by atoms with Crippen molar-refractivity contribution in [2.45, 2.75) is 18.6 Å². The van der Waals surface area contributed by atoms with Gasteiger partial charge in [-0.2, -0.15) is 13.2 Å². The van der Waals surface area contributed by atoms with Crippen LogP contribution in [0.5, 0.6) is 0 Å². The van der Waals surface area contributed by atoms with E-state index in [1.807, 2.05) is 0 Å². The highest BCUT2D eigenvalue weighted by Gasteiger charge is 2.36. The maximum Gasteiger partial charge on any atom is 0.418 e. The minimum atomic E-state index is -4.91. The number of benzene rings is 1. The molecule has 2 heterocycles. The number of halogens is 6. The largest absolute Gasteiger partial charge is 0.418 e. The first-order chi connectivity index (χ1) is 17.0. The summed E-state index contributed by atoms with van der Waals surface area (Å²) >= 11 is 6.72. The number of morpholine rings is 1. The second-order valence-electron chi connectivity index (χ2n) is 7.48. The van der Waals surface area contributed by atoms with Crippen LogP contribution in [0.4, 0.5) is 33.3 Å². The molecule has 15 heteroatoms. The second kappa shape index (κ2) is 12.0. The summed E-state index contributed by atoms with van der Waals surface area (Å²) in [5, 5.41) is 6.69. The number of amides is 3. The highest BCUT2D eigenvalue weighted by Crippen LogP contribution is 2.37. The Kier molecular flexibility index (Phi) is 9.22. The Labute approximate surface area is 210 Å². The standard InChI is InChI=1S/C21H20ClF5N4O4S/c22-16-4-3-15(36-16)20(34)29-8-14(28-9-17(23)24)19(33)30-13-2-1-11(7-12(13)21(25,26)27)31-5-6-35-10-18(31)32/h1-4,7,14,17,28H,5-6,8-10H2,(H,29,34)(H,30,33)/t14-/m0/s1. The summed E-state index contributed by atoms with van der Waals surface area (Å²) in [6.07, 6.45) is -7.77. The number of alkyl halides is 5. The van der Waals surface area contributed by atoms with Gasteiger partial charge in [-0.3, -0.25) is 19.7 Å². The molecule has 36 heavy (non-hydrogen) atoms. The predicted molar refractivity (Wildman–Crippen MR) is 123 cm³/mol. The van der Waals surface area contributed by atoms with Crippen molar-refractivity contribution in [3.05, 3.63) is 45.1 Å². The lowest BCUT2D eigenvalue weighted by atomic mass is 10.1. The molecule has 1 atom stereocenters. The molecule has 0 radical (unpaired) electrons. The molecule has 1 saturated heterocycles. The summed E-state index contributed by atoms with van der Waals surface area (Å²) in [7, 11) is 0. The van der Waals surface area contributed by atoms with E-state index in [9.17, 15) is 36.3 Å². The number of thiophene rings is 1. The van der Waals surface area contributed by atoms with E-state index in [-0.39, 0.29) is 30.3 Å². The first-order valence-corrected chi connectivity index (χ1v) is 11.6. The maximum absolute atomic E-state index is 13.8.